The highest BCUT2D eigenvalue weighted by Gasteiger charge is 2.35. The summed E-state index contributed by atoms with van der Waals surface area (Å²) in [5.74, 6) is -0.607. The Morgan fingerprint density at radius 3 is 2.07 bits per heavy atom. The molecule has 0 radical (unpaired) electrons. The Bertz CT molecular complexity index is 1480. The van der Waals surface area contributed by atoms with Crippen LogP contribution >= 0.6 is 0 Å². The van der Waals surface area contributed by atoms with Gasteiger partial charge >= 0.3 is 0 Å². The molecule has 7 nitrogen and oxygen atoms in total. The molecule has 1 atom stereocenters. The molecule has 0 heterocycles. The number of rotatable bonds is 12. The smallest absolute Gasteiger partial charge is 0.264 e. The minimum Gasteiger partial charge on any atom is -0.352 e. The third-order valence-corrected chi connectivity index (χ3v) is 10.1. The molecule has 0 unspecified atom stereocenters. The molecule has 0 aromatic heterocycles. The van der Waals surface area contributed by atoms with Gasteiger partial charge in [0.1, 0.15) is 12.6 Å². The second-order valence-electron chi connectivity index (χ2n) is 11.6. The van der Waals surface area contributed by atoms with Crippen molar-refractivity contribution in [3.63, 3.8) is 0 Å². The molecule has 8 heteroatoms. The lowest BCUT2D eigenvalue weighted by atomic mass is 9.95. The van der Waals surface area contributed by atoms with Gasteiger partial charge in [-0.25, -0.2) is 8.42 Å². The Hall–Kier alpha value is -3.65. The maximum atomic E-state index is 14.4. The molecule has 1 aliphatic carbocycles. The summed E-state index contributed by atoms with van der Waals surface area (Å²) in [5.41, 5.74) is 4.20. The van der Waals surface area contributed by atoms with Crippen LogP contribution in [0.5, 0.6) is 0 Å². The van der Waals surface area contributed by atoms with Gasteiger partial charge in [-0.2, -0.15) is 0 Å². The van der Waals surface area contributed by atoms with Gasteiger partial charge in [-0.05, 0) is 68.9 Å². The van der Waals surface area contributed by atoms with Gasteiger partial charge in [0.25, 0.3) is 10.0 Å². The molecule has 3 aromatic rings. The van der Waals surface area contributed by atoms with E-state index in [0.717, 1.165) is 47.9 Å². The standard InChI is InChI=1S/C35H45N3O4S/c1-5-29-12-10-11-15-33(29)38(43(41,42)31-22-18-27(4)19-23-31)25-34(39)37(24-28-20-16-26(3)17-21-28)32(6-2)35(40)36-30-13-8-7-9-14-30/h10-12,15-23,30,32H,5-9,13-14,24-25H2,1-4H3,(H,36,40)/t32-/m1/s1. The largest absolute Gasteiger partial charge is 0.352 e. The Labute approximate surface area is 257 Å². The first kappa shape index (κ1) is 32.3. The number of para-hydroxylation sites is 1. The van der Waals surface area contributed by atoms with Crippen molar-refractivity contribution in [2.45, 2.75) is 96.2 Å². The molecule has 2 amide bonds. The van der Waals surface area contributed by atoms with E-state index in [-0.39, 0.29) is 23.4 Å². The molecular weight excluding hydrogens is 558 g/mol. The van der Waals surface area contributed by atoms with Crippen molar-refractivity contribution >= 4 is 27.5 Å². The third-order valence-electron chi connectivity index (χ3n) is 8.34. The van der Waals surface area contributed by atoms with Crippen molar-refractivity contribution in [1.82, 2.24) is 10.2 Å². The van der Waals surface area contributed by atoms with Crippen LogP contribution in [0.25, 0.3) is 0 Å². The summed E-state index contributed by atoms with van der Waals surface area (Å²) in [4.78, 5) is 29.7. The van der Waals surface area contributed by atoms with Gasteiger partial charge < -0.3 is 10.2 Å². The van der Waals surface area contributed by atoms with Crippen LogP contribution in [0, 0.1) is 13.8 Å². The third kappa shape index (κ3) is 8.05. The van der Waals surface area contributed by atoms with E-state index >= 15 is 0 Å². The summed E-state index contributed by atoms with van der Waals surface area (Å²) in [6, 6.07) is 21.2. The van der Waals surface area contributed by atoms with E-state index in [9.17, 15) is 18.0 Å². The number of nitrogens with zero attached hydrogens (tertiary/aromatic N) is 2. The molecule has 1 fully saturated rings. The molecule has 0 bridgehead atoms. The lowest BCUT2D eigenvalue weighted by molar-refractivity contribution is -0.140. The molecule has 0 aliphatic heterocycles. The van der Waals surface area contributed by atoms with Gasteiger partial charge in [0, 0.05) is 12.6 Å². The highest BCUT2D eigenvalue weighted by molar-refractivity contribution is 7.92. The molecule has 230 valence electrons. The van der Waals surface area contributed by atoms with Crippen LogP contribution in [0.15, 0.2) is 77.7 Å². The van der Waals surface area contributed by atoms with Crippen LogP contribution in [0.2, 0.25) is 0 Å². The predicted octanol–water partition coefficient (Wildman–Crippen LogP) is 6.32. The Balaban J connectivity index is 1.73. The minimum atomic E-state index is -4.10. The number of hydrogen-bond donors (Lipinski definition) is 1. The van der Waals surface area contributed by atoms with Gasteiger partial charge in [0.05, 0.1) is 10.6 Å². The minimum absolute atomic E-state index is 0.0986. The molecule has 1 saturated carbocycles. The van der Waals surface area contributed by atoms with Gasteiger partial charge in [-0.3, -0.25) is 13.9 Å². The lowest BCUT2D eigenvalue weighted by Crippen LogP contribution is -2.54. The summed E-state index contributed by atoms with van der Waals surface area (Å²) >= 11 is 0. The fraction of sp³-hybridized carbons (Fsp3) is 0.429. The molecule has 3 aromatic carbocycles. The van der Waals surface area contributed by atoms with Crippen LogP contribution in [0.3, 0.4) is 0 Å². The quantitative estimate of drug-likeness (QED) is 0.263. The van der Waals surface area contributed by atoms with Gasteiger partial charge in [0.15, 0.2) is 0 Å². The monoisotopic (exact) mass is 603 g/mol. The van der Waals surface area contributed by atoms with E-state index in [4.69, 9.17) is 0 Å². The molecule has 4 rings (SSSR count). The van der Waals surface area contributed by atoms with E-state index in [2.05, 4.69) is 5.32 Å². The first-order chi connectivity index (χ1) is 20.6. The predicted molar refractivity (Wildman–Crippen MR) is 172 cm³/mol. The Morgan fingerprint density at radius 1 is 0.860 bits per heavy atom. The van der Waals surface area contributed by atoms with E-state index < -0.39 is 28.5 Å². The van der Waals surface area contributed by atoms with Crippen molar-refractivity contribution < 1.29 is 18.0 Å². The molecule has 1 N–H and O–H groups in total. The zero-order valence-electron chi connectivity index (χ0n) is 25.9. The summed E-state index contributed by atoms with van der Waals surface area (Å²) < 4.78 is 29.6. The number of carbonyl (C=O) groups is 2. The zero-order chi connectivity index (χ0) is 31.0. The van der Waals surface area contributed by atoms with Crippen LogP contribution in [-0.2, 0) is 32.6 Å². The normalized spacial score (nSPS) is 14.6. The SMILES string of the molecule is CCc1ccccc1N(CC(=O)N(Cc1ccc(C)cc1)[C@H](CC)C(=O)NC1CCCCC1)S(=O)(=O)c1ccc(C)cc1. The Kier molecular flexibility index (Phi) is 11.0. The maximum Gasteiger partial charge on any atom is 0.264 e. The van der Waals surface area contributed by atoms with Crippen molar-refractivity contribution in [3.8, 4) is 0 Å². The number of anilines is 1. The van der Waals surface area contributed by atoms with Crippen LogP contribution < -0.4 is 9.62 Å². The number of amides is 2. The average molecular weight is 604 g/mol. The first-order valence-electron chi connectivity index (χ1n) is 15.5. The molecule has 43 heavy (non-hydrogen) atoms. The van der Waals surface area contributed by atoms with E-state index in [1.807, 2.05) is 64.1 Å². The van der Waals surface area contributed by atoms with Crippen molar-refractivity contribution in [3.05, 3.63) is 95.1 Å². The molecular formula is C35H45N3O4S. The van der Waals surface area contributed by atoms with E-state index in [1.165, 1.54) is 10.7 Å². The highest BCUT2D eigenvalue weighted by Crippen LogP contribution is 2.29. The maximum absolute atomic E-state index is 14.4. The summed E-state index contributed by atoms with van der Waals surface area (Å²) in [6.07, 6.45) is 6.21. The number of nitrogens with one attached hydrogen (secondary N) is 1. The van der Waals surface area contributed by atoms with Crippen LogP contribution in [0.1, 0.15) is 74.6 Å². The van der Waals surface area contributed by atoms with Crippen molar-refractivity contribution in [1.29, 1.82) is 0 Å². The van der Waals surface area contributed by atoms with E-state index in [0.29, 0.717) is 18.5 Å². The average Bonchev–Trinajstić information content (AvgIpc) is 3.01. The van der Waals surface area contributed by atoms with Gasteiger partial charge in [-0.15, -0.1) is 0 Å². The second kappa shape index (κ2) is 14.7. The first-order valence-corrected chi connectivity index (χ1v) is 16.9. The number of aryl methyl sites for hydroxylation is 3. The summed E-state index contributed by atoms with van der Waals surface area (Å²) in [5, 5.41) is 3.20. The summed E-state index contributed by atoms with van der Waals surface area (Å²) in [7, 11) is -4.10. The van der Waals surface area contributed by atoms with Crippen LogP contribution in [0.4, 0.5) is 5.69 Å². The number of carbonyl (C=O) groups excluding carboxylic acids is 2. The van der Waals surface area contributed by atoms with Crippen molar-refractivity contribution in [2.24, 2.45) is 0 Å². The van der Waals surface area contributed by atoms with Gasteiger partial charge in [0.2, 0.25) is 11.8 Å². The second-order valence-corrected chi connectivity index (χ2v) is 13.4. The zero-order valence-corrected chi connectivity index (χ0v) is 26.7. The lowest BCUT2D eigenvalue weighted by Gasteiger charge is -2.35. The molecule has 0 spiro atoms. The van der Waals surface area contributed by atoms with Crippen molar-refractivity contribution in [2.75, 3.05) is 10.8 Å². The number of sulfonamides is 1. The Morgan fingerprint density at radius 2 is 1.47 bits per heavy atom. The van der Waals surface area contributed by atoms with Gasteiger partial charge in [-0.1, -0.05) is 98.8 Å². The summed E-state index contributed by atoms with van der Waals surface area (Å²) in [6.45, 7) is 7.53. The molecule has 0 saturated heterocycles. The fourth-order valence-corrected chi connectivity index (χ4v) is 7.21. The number of hydrogen-bond acceptors (Lipinski definition) is 4. The number of benzene rings is 3. The van der Waals surface area contributed by atoms with Crippen LogP contribution in [-0.4, -0.2) is 43.8 Å². The van der Waals surface area contributed by atoms with E-state index in [1.54, 1.807) is 41.3 Å². The fourth-order valence-electron chi connectivity index (χ4n) is 5.76. The highest BCUT2D eigenvalue weighted by atomic mass is 32.2. The topological polar surface area (TPSA) is 86.8 Å². The molecule has 1 aliphatic rings.